The Bertz CT molecular complexity index is 1270. The number of para-hydroxylation sites is 1. The number of hydrogen-bond donors (Lipinski definition) is 2. The maximum atomic E-state index is 12.5. The van der Waals surface area contributed by atoms with E-state index in [4.69, 9.17) is 9.72 Å². The van der Waals surface area contributed by atoms with E-state index in [0.717, 1.165) is 35.0 Å². The van der Waals surface area contributed by atoms with Crippen LogP contribution >= 0.6 is 0 Å². The smallest absolute Gasteiger partial charge is 0.410 e. The van der Waals surface area contributed by atoms with Crippen LogP contribution in [-0.4, -0.2) is 60.3 Å². The molecule has 9 nitrogen and oxygen atoms in total. The average Bonchev–Trinajstić information content (AvgIpc) is 3.39. The fourth-order valence-electron chi connectivity index (χ4n) is 4.11. The zero-order valence-electron chi connectivity index (χ0n) is 18.5. The van der Waals surface area contributed by atoms with Crippen molar-refractivity contribution in [2.75, 3.05) is 18.4 Å². The molecule has 32 heavy (non-hydrogen) atoms. The number of amides is 1. The second-order valence-electron chi connectivity index (χ2n) is 9.14. The van der Waals surface area contributed by atoms with Crippen LogP contribution in [0.15, 0.2) is 42.9 Å². The van der Waals surface area contributed by atoms with E-state index in [2.05, 4.69) is 26.4 Å². The fraction of sp³-hybridized carbons (Fsp3) is 0.391. The highest BCUT2D eigenvalue weighted by Crippen LogP contribution is 2.30. The van der Waals surface area contributed by atoms with Crippen LogP contribution in [0.3, 0.4) is 0 Å². The number of rotatable bonds is 3. The van der Waals surface area contributed by atoms with E-state index in [1.165, 1.54) is 0 Å². The molecular weight excluding hydrogens is 406 g/mol. The highest BCUT2D eigenvalue weighted by atomic mass is 16.6. The van der Waals surface area contributed by atoms with E-state index >= 15 is 0 Å². The van der Waals surface area contributed by atoms with Crippen molar-refractivity contribution >= 4 is 28.6 Å². The summed E-state index contributed by atoms with van der Waals surface area (Å²) in [5, 5.41) is 9.11. The Morgan fingerprint density at radius 2 is 2.12 bits per heavy atom. The molecule has 1 aliphatic rings. The molecule has 3 aromatic heterocycles. The molecule has 0 aliphatic carbocycles. The molecule has 1 amide bonds. The first-order valence-electron chi connectivity index (χ1n) is 10.9. The molecule has 0 spiro atoms. The van der Waals surface area contributed by atoms with Gasteiger partial charge in [-0.3, -0.25) is 0 Å². The molecule has 1 saturated heterocycles. The number of nitrogens with one attached hydrogen (secondary N) is 2. The van der Waals surface area contributed by atoms with Gasteiger partial charge in [0.05, 0.1) is 0 Å². The summed E-state index contributed by atoms with van der Waals surface area (Å²) in [6.45, 7) is 6.87. The number of ether oxygens (including phenoxy) is 1. The third-order valence-corrected chi connectivity index (χ3v) is 5.50. The van der Waals surface area contributed by atoms with Crippen LogP contribution in [0.1, 0.15) is 33.6 Å². The number of fused-ring (bicyclic) bond motifs is 2. The number of aromatic amines is 1. The summed E-state index contributed by atoms with van der Waals surface area (Å²) in [6, 6.07) is 8.15. The van der Waals surface area contributed by atoms with Crippen LogP contribution < -0.4 is 5.32 Å². The number of likely N-dealkylation sites (tertiary alicyclic amines) is 1. The third kappa shape index (κ3) is 3.98. The number of carbonyl (C=O) groups excluding carboxylic acids is 1. The lowest BCUT2D eigenvalue weighted by molar-refractivity contribution is 0.0206. The molecule has 5 rings (SSSR count). The molecule has 0 radical (unpaired) electrons. The predicted molar refractivity (Wildman–Crippen MR) is 123 cm³/mol. The quantitative estimate of drug-likeness (QED) is 0.505. The minimum Gasteiger partial charge on any atom is -0.444 e. The molecule has 1 aliphatic heterocycles. The molecule has 2 N–H and O–H groups in total. The molecular formula is C23H27N7O2. The van der Waals surface area contributed by atoms with Crippen LogP contribution in [0, 0.1) is 0 Å². The van der Waals surface area contributed by atoms with Crippen LogP contribution in [0.4, 0.5) is 10.7 Å². The highest BCUT2D eigenvalue weighted by molar-refractivity contribution is 5.97. The molecule has 1 aromatic carbocycles. The van der Waals surface area contributed by atoms with E-state index in [1.807, 2.05) is 51.4 Å². The van der Waals surface area contributed by atoms with Gasteiger partial charge in [-0.1, -0.05) is 18.2 Å². The van der Waals surface area contributed by atoms with Gasteiger partial charge in [-0.05, 0) is 39.7 Å². The maximum Gasteiger partial charge on any atom is 0.410 e. The lowest BCUT2D eigenvalue weighted by Crippen LogP contribution is -2.47. The molecule has 1 atom stereocenters. The van der Waals surface area contributed by atoms with Crippen LogP contribution in [-0.2, 0) is 4.74 Å². The predicted octanol–water partition coefficient (Wildman–Crippen LogP) is 4.08. The standard InChI is InChI=1S/C23H27N7O2/c1-23(2,3)32-22(31)29-11-6-7-15(14-29)26-21-27-19(20-24-10-12-30(20)28-21)17-13-25-18-9-5-4-8-16(17)18/h4-5,8-10,12-13,15,25H,6-7,11,14H2,1-3H3,(H,26,28). The van der Waals surface area contributed by atoms with Gasteiger partial charge in [-0.25, -0.2) is 19.3 Å². The van der Waals surface area contributed by atoms with Gasteiger partial charge < -0.3 is 19.9 Å². The van der Waals surface area contributed by atoms with Crippen LogP contribution in [0.5, 0.6) is 0 Å². The van der Waals surface area contributed by atoms with Crippen molar-refractivity contribution in [3.05, 3.63) is 42.9 Å². The maximum absolute atomic E-state index is 12.5. The Morgan fingerprint density at radius 1 is 1.28 bits per heavy atom. The van der Waals surface area contributed by atoms with Crippen molar-refractivity contribution in [2.24, 2.45) is 0 Å². The number of nitrogens with zero attached hydrogens (tertiary/aromatic N) is 5. The first kappa shape index (κ1) is 20.3. The zero-order valence-corrected chi connectivity index (χ0v) is 18.5. The van der Waals surface area contributed by atoms with Crippen molar-refractivity contribution in [3.8, 4) is 11.3 Å². The van der Waals surface area contributed by atoms with E-state index in [0.29, 0.717) is 24.7 Å². The van der Waals surface area contributed by atoms with Gasteiger partial charge in [0, 0.05) is 54.2 Å². The number of aromatic nitrogens is 5. The van der Waals surface area contributed by atoms with Crippen LogP contribution in [0.25, 0.3) is 27.8 Å². The summed E-state index contributed by atoms with van der Waals surface area (Å²) in [5.74, 6) is 0.506. The van der Waals surface area contributed by atoms with Crippen LogP contribution in [0.2, 0.25) is 0 Å². The van der Waals surface area contributed by atoms with Crippen molar-refractivity contribution in [1.82, 2.24) is 29.5 Å². The number of anilines is 1. The lowest BCUT2D eigenvalue weighted by atomic mass is 10.1. The summed E-state index contributed by atoms with van der Waals surface area (Å²) in [6.07, 6.45) is 7.02. The minimum atomic E-state index is -0.513. The molecule has 166 valence electrons. The first-order chi connectivity index (χ1) is 15.4. The number of hydrogen-bond acceptors (Lipinski definition) is 6. The number of H-pyrrole nitrogens is 1. The Labute approximate surface area is 185 Å². The van der Waals surface area contributed by atoms with Gasteiger partial charge in [0.25, 0.3) is 0 Å². The second-order valence-corrected chi connectivity index (χ2v) is 9.14. The average molecular weight is 434 g/mol. The topological polar surface area (TPSA) is 100 Å². The number of piperidine rings is 1. The van der Waals surface area contributed by atoms with Gasteiger partial charge >= 0.3 is 6.09 Å². The van der Waals surface area contributed by atoms with E-state index in [9.17, 15) is 4.79 Å². The van der Waals surface area contributed by atoms with Crippen molar-refractivity contribution in [3.63, 3.8) is 0 Å². The van der Waals surface area contributed by atoms with Gasteiger partial charge in [-0.2, -0.15) is 0 Å². The van der Waals surface area contributed by atoms with E-state index < -0.39 is 5.60 Å². The first-order valence-corrected chi connectivity index (χ1v) is 10.9. The largest absolute Gasteiger partial charge is 0.444 e. The second kappa shape index (κ2) is 7.81. The Hall–Kier alpha value is -3.62. The van der Waals surface area contributed by atoms with Gasteiger partial charge in [-0.15, -0.1) is 5.10 Å². The van der Waals surface area contributed by atoms with E-state index in [1.54, 1.807) is 15.6 Å². The summed E-state index contributed by atoms with van der Waals surface area (Å²) in [5.41, 5.74) is 2.95. The summed E-state index contributed by atoms with van der Waals surface area (Å²) in [4.78, 5) is 26.9. The zero-order chi connectivity index (χ0) is 22.3. The Morgan fingerprint density at radius 3 is 2.97 bits per heavy atom. The summed E-state index contributed by atoms with van der Waals surface area (Å²) in [7, 11) is 0. The third-order valence-electron chi connectivity index (χ3n) is 5.50. The normalized spacial score (nSPS) is 17.1. The summed E-state index contributed by atoms with van der Waals surface area (Å²) >= 11 is 0. The molecule has 0 bridgehead atoms. The SMILES string of the molecule is CC(C)(C)OC(=O)N1CCCC(Nc2nc(-c3c[nH]c4ccccc34)c3nccn3n2)C1. The number of imidazole rings is 1. The van der Waals surface area contributed by atoms with Crippen molar-refractivity contribution in [2.45, 2.75) is 45.3 Å². The van der Waals surface area contributed by atoms with Gasteiger partial charge in [0.2, 0.25) is 5.95 Å². The lowest BCUT2D eigenvalue weighted by Gasteiger charge is -2.34. The number of carbonyl (C=O) groups is 1. The minimum absolute atomic E-state index is 0.0352. The van der Waals surface area contributed by atoms with Crippen molar-refractivity contribution in [1.29, 1.82) is 0 Å². The molecule has 9 heteroatoms. The van der Waals surface area contributed by atoms with E-state index in [-0.39, 0.29) is 12.1 Å². The monoisotopic (exact) mass is 433 g/mol. The fourth-order valence-corrected chi connectivity index (χ4v) is 4.11. The van der Waals surface area contributed by atoms with Gasteiger partial charge in [0.15, 0.2) is 5.65 Å². The molecule has 4 heterocycles. The Balaban J connectivity index is 1.42. The van der Waals surface area contributed by atoms with Crippen molar-refractivity contribution < 1.29 is 9.53 Å². The molecule has 0 saturated carbocycles. The highest BCUT2D eigenvalue weighted by Gasteiger charge is 2.28. The molecule has 1 unspecified atom stereocenters. The number of benzene rings is 1. The molecule has 4 aromatic rings. The molecule has 1 fully saturated rings. The summed E-state index contributed by atoms with van der Waals surface area (Å²) < 4.78 is 7.28. The van der Waals surface area contributed by atoms with Gasteiger partial charge in [0.1, 0.15) is 11.3 Å². The Kier molecular flexibility index (Phi) is 4.96.